The number of likely N-dealkylation sites (N-methyl/N-ethyl adjacent to an activating group) is 1. The first-order valence-electron chi connectivity index (χ1n) is 13.0. The quantitative estimate of drug-likeness (QED) is 0.356. The molecule has 4 rings (SSSR count). The number of rotatable bonds is 6. The second kappa shape index (κ2) is 18.5. The summed E-state index contributed by atoms with van der Waals surface area (Å²) in [5.41, 5.74) is 4.44. The number of hydrogen-bond donors (Lipinski definition) is 4. The Kier molecular flexibility index (Phi) is 15.8. The van der Waals surface area contributed by atoms with Crippen LogP contribution < -0.4 is 0 Å². The van der Waals surface area contributed by atoms with E-state index in [0.717, 1.165) is 0 Å². The van der Waals surface area contributed by atoms with E-state index in [1.54, 1.807) is 5.56 Å². The number of benzene rings is 2. The summed E-state index contributed by atoms with van der Waals surface area (Å²) in [6, 6.07) is 18.8. The SMILES string of the molecule is Cc1ccc2c(c1)C(N1CCN(C)CC1)C(c1ccccc1)CCS2.O.O=C(O)/C=C\C(=O)O.O=C(O)/C=C\C(=O)O. The van der Waals surface area contributed by atoms with Gasteiger partial charge in [-0.3, -0.25) is 4.90 Å². The molecule has 42 heavy (non-hydrogen) atoms. The Morgan fingerprint density at radius 1 is 0.786 bits per heavy atom. The highest BCUT2D eigenvalue weighted by molar-refractivity contribution is 7.99. The van der Waals surface area contributed by atoms with Crippen molar-refractivity contribution in [1.82, 2.24) is 9.80 Å². The zero-order chi connectivity index (χ0) is 30.4. The van der Waals surface area contributed by atoms with Crippen LogP contribution in [-0.2, 0) is 19.2 Å². The van der Waals surface area contributed by atoms with Gasteiger partial charge in [-0.1, -0.05) is 48.0 Å². The minimum atomic E-state index is -1.26. The van der Waals surface area contributed by atoms with Crippen LogP contribution in [0.3, 0.4) is 0 Å². The fraction of sp³-hybridized carbons (Fsp3) is 0.333. The van der Waals surface area contributed by atoms with E-state index in [-0.39, 0.29) is 5.48 Å². The summed E-state index contributed by atoms with van der Waals surface area (Å²) >= 11 is 2.05. The summed E-state index contributed by atoms with van der Waals surface area (Å²) in [6.45, 7) is 6.91. The fourth-order valence-electron chi connectivity index (χ4n) is 4.59. The molecule has 0 amide bonds. The Morgan fingerprint density at radius 2 is 1.29 bits per heavy atom. The fourth-order valence-corrected chi connectivity index (χ4v) is 5.69. The summed E-state index contributed by atoms with van der Waals surface area (Å²) in [5, 5.41) is 31.2. The van der Waals surface area contributed by atoms with Crippen molar-refractivity contribution in [3.8, 4) is 0 Å². The Labute approximate surface area is 249 Å². The number of fused-ring (bicyclic) bond motifs is 1. The lowest BCUT2D eigenvalue weighted by molar-refractivity contribution is -0.134. The summed E-state index contributed by atoms with van der Waals surface area (Å²) < 4.78 is 0. The minimum Gasteiger partial charge on any atom is -0.478 e. The summed E-state index contributed by atoms with van der Waals surface area (Å²) in [4.78, 5) is 44.9. The third-order valence-electron chi connectivity index (χ3n) is 6.45. The molecule has 0 saturated carbocycles. The average molecular weight is 603 g/mol. The van der Waals surface area contributed by atoms with E-state index < -0.39 is 23.9 Å². The molecule has 0 bridgehead atoms. The molecule has 2 aliphatic rings. The summed E-state index contributed by atoms with van der Waals surface area (Å²) in [5.74, 6) is -3.24. The van der Waals surface area contributed by atoms with Crippen LogP contribution in [-0.4, -0.2) is 98.6 Å². The third kappa shape index (κ3) is 12.7. The van der Waals surface area contributed by atoms with Gasteiger partial charge >= 0.3 is 23.9 Å². The number of nitrogens with zero attached hydrogens (tertiary/aromatic N) is 2. The maximum atomic E-state index is 9.55. The van der Waals surface area contributed by atoms with Crippen molar-refractivity contribution in [1.29, 1.82) is 0 Å². The van der Waals surface area contributed by atoms with Crippen LogP contribution in [0.2, 0.25) is 0 Å². The van der Waals surface area contributed by atoms with Crippen LogP contribution in [0.15, 0.2) is 77.7 Å². The number of hydrogen-bond acceptors (Lipinski definition) is 7. The van der Waals surface area contributed by atoms with Crippen LogP contribution in [0.1, 0.15) is 35.1 Å². The predicted molar refractivity (Wildman–Crippen MR) is 160 cm³/mol. The highest BCUT2D eigenvalue weighted by Gasteiger charge is 2.35. The van der Waals surface area contributed by atoms with E-state index in [1.165, 1.54) is 54.4 Å². The molecule has 11 nitrogen and oxygen atoms in total. The van der Waals surface area contributed by atoms with E-state index in [2.05, 4.69) is 72.3 Å². The first-order chi connectivity index (χ1) is 19.5. The largest absolute Gasteiger partial charge is 0.478 e. The number of carboxylic acids is 4. The van der Waals surface area contributed by atoms with Crippen molar-refractivity contribution in [2.24, 2.45) is 0 Å². The molecule has 2 unspecified atom stereocenters. The molecule has 0 radical (unpaired) electrons. The second-order valence-electron chi connectivity index (χ2n) is 9.50. The van der Waals surface area contributed by atoms with Crippen LogP contribution in [0.4, 0.5) is 0 Å². The van der Waals surface area contributed by atoms with E-state index >= 15 is 0 Å². The monoisotopic (exact) mass is 602 g/mol. The zero-order valence-corrected chi connectivity index (χ0v) is 24.4. The maximum Gasteiger partial charge on any atom is 0.328 e. The van der Waals surface area contributed by atoms with E-state index in [4.69, 9.17) is 20.4 Å². The van der Waals surface area contributed by atoms with E-state index in [0.29, 0.717) is 36.3 Å². The molecule has 2 atom stereocenters. The van der Waals surface area contributed by atoms with Gasteiger partial charge in [0.1, 0.15) is 0 Å². The van der Waals surface area contributed by atoms with Gasteiger partial charge in [-0.05, 0) is 43.3 Å². The van der Waals surface area contributed by atoms with Gasteiger partial charge in [0.15, 0.2) is 0 Å². The van der Waals surface area contributed by atoms with Gasteiger partial charge in [0.05, 0.1) is 0 Å². The van der Waals surface area contributed by atoms with Crippen LogP contribution >= 0.6 is 11.8 Å². The number of aliphatic carboxylic acids is 4. The molecule has 6 N–H and O–H groups in total. The standard InChI is InChI=1S/C22H28N2S.2C4H4O4.H2O/c1-17-8-9-21-20(16-17)22(24-13-11-23(2)12-14-24)19(10-15-25-21)18-6-4-3-5-7-18;2*5-3(6)1-2-4(7)8;/h3-9,16,19,22H,10-15H2,1-2H3;2*1-2H,(H,5,6)(H,7,8);1H2/b;2*2-1-;. The maximum absolute atomic E-state index is 9.55. The molecular formula is C30H38N2O9S. The van der Waals surface area contributed by atoms with Crippen LogP contribution in [0.25, 0.3) is 0 Å². The Balaban J connectivity index is 0.000000432. The first-order valence-corrected chi connectivity index (χ1v) is 13.9. The predicted octanol–water partition coefficient (Wildman–Crippen LogP) is 3.16. The Hall–Kier alpha value is -3.97. The highest BCUT2D eigenvalue weighted by atomic mass is 32.2. The zero-order valence-electron chi connectivity index (χ0n) is 23.6. The van der Waals surface area contributed by atoms with Crippen molar-refractivity contribution in [2.75, 3.05) is 39.0 Å². The first kappa shape index (κ1) is 36.1. The van der Waals surface area contributed by atoms with Gasteiger partial charge in [-0.15, -0.1) is 11.8 Å². The van der Waals surface area contributed by atoms with Gasteiger partial charge in [0.25, 0.3) is 0 Å². The molecule has 2 aromatic carbocycles. The molecule has 2 aliphatic heterocycles. The molecule has 2 heterocycles. The lowest BCUT2D eigenvalue weighted by atomic mass is 9.83. The van der Waals surface area contributed by atoms with E-state index in [9.17, 15) is 19.2 Å². The number of thioether (sulfide) groups is 1. The lowest BCUT2D eigenvalue weighted by Gasteiger charge is -2.41. The second-order valence-corrected chi connectivity index (χ2v) is 10.6. The molecule has 0 aromatic heterocycles. The van der Waals surface area contributed by atoms with Crippen molar-refractivity contribution in [3.63, 3.8) is 0 Å². The molecular weight excluding hydrogens is 564 g/mol. The van der Waals surface area contributed by atoms with E-state index in [1.807, 2.05) is 11.8 Å². The van der Waals surface area contributed by atoms with Crippen molar-refractivity contribution >= 4 is 35.6 Å². The molecule has 1 fully saturated rings. The Bertz CT molecular complexity index is 1180. The summed E-state index contributed by atoms with van der Waals surface area (Å²) in [7, 11) is 2.24. The number of aryl methyl sites for hydroxylation is 1. The van der Waals surface area contributed by atoms with Gasteiger partial charge in [0, 0.05) is 67.3 Å². The number of piperazine rings is 1. The van der Waals surface area contributed by atoms with Gasteiger partial charge in [-0.25, -0.2) is 19.2 Å². The normalized spacial score (nSPS) is 18.7. The molecule has 0 spiro atoms. The van der Waals surface area contributed by atoms with Gasteiger partial charge < -0.3 is 30.8 Å². The van der Waals surface area contributed by atoms with Gasteiger partial charge in [-0.2, -0.15) is 0 Å². The van der Waals surface area contributed by atoms with Crippen molar-refractivity contribution in [3.05, 3.63) is 89.5 Å². The lowest BCUT2D eigenvalue weighted by Crippen LogP contribution is -2.47. The van der Waals surface area contributed by atoms with Crippen LogP contribution in [0, 0.1) is 6.92 Å². The number of carbonyl (C=O) groups is 4. The topological polar surface area (TPSA) is 187 Å². The molecule has 228 valence electrons. The van der Waals surface area contributed by atoms with Crippen LogP contribution in [0.5, 0.6) is 0 Å². The Morgan fingerprint density at radius 3 is 1.76 bits per heavy atom. The van der Waals surface area contributed by atoms with Gasteiger partial charge in [0.2, 0.25) is 0 Å². The molecule has 1 saturated heterocycles. The highest BCUT2D eigenvalue weighted by Crippen LogP contribution is 2.46. The smallest absolute Gasteiger partial charge is 0.328 e. The summed E-state index contributed by atoms with van der Waals surface area (Å²) in [6.07, 6.45) is 3.48. The number of carboxylic acid groups (broad SMARTS) is 4. The minimum absolute atomic E-state index is 0. The third-order valence-corrected chi connectivity index (χ3v) is 7.57. The molecule has 2 aromatic rings. The molecule has 12 heteroatoms. The average Bonchev–Trinajstić information content (AvgIpc) is 3.12. The molecule has 0 aliphatic carbocycles. The van der Waals surface area contributed by atoms with Crippen molar-refractivity contribution in [2.45, 2.75) is 30.2 Å². The van der Waals surface area contributed by atoms with Crippen molar-refractivity contribution < 1.29 is 45.1 Å².